The van der Waals surface area contributed by atoms with Crippen LogP contribution in [-0.4, -0.2) is 23.1 Å². The van der Waals surface area contributed by atoms with Gasteiger partial charge < -0.3 is 9.88 Å². The number of imidazole rings is 1. The van der Waals surface area contributed by atoms with Crippen LogP contribution in [0.1, 0.15) is 11.5 Å². The smallest absolute Gasteiger partial charge is 0.110 e. The minimum absolute atomic E-state index is 0.957. The quantitative estimate of drug-likeness (QED) is 0.870. The minimum atomic E-state index is 0.957. The maximum Gasteiger partial charge on any atom is 0.110 e. The lowest BCUT2D eigenvalue weighted by Crippen LogP contribution is -2.13. The Morgan fingerprint density at radius 1 is 1.24 bits per heavy atom. The van der Waals surface area contributed by atoms with Gasteiger partial charge in [-0.25, -0.2) is 4.98 Å². The van der Waals surface area contributed by atoms with E-state index in [0.717, 1.165) is 24.5 Å². The summed E-state index contributed by atoms with van der Waals surface area (Å²) in [4.78, 5) is 4.74. The van der Waals surface area contributed by atoms with E-state index in [1.165, 1.54) is 11.3 Å². The van der Waals surface area contributed by atoms with Crippen LogP contribution in [0, 0.1) is 6.92 Å². The Morgan fingerprint density at radius 2 is 1.94 bits per heavy atom. The van der Waals surface area contributed by atoms with Gasteiger partial charge in [-0.3, -0.25) is 0 Å². The van der Waals surface area contributed by atoms with Crippen LogP contribution < -0.4 is 5.32 Å². The van der Waals surface area contributed by atoms with E-state index in [9.17, 15) is 0 Å². The van der Waals surface area contributed by atoms with Crippen molar-refractivity contribution in [3.05, 3.63) is 41.9 Å². The predicted molar refractivity (Wildman–Crippen MR) is 71.0 cm³/mol. The zero-order valence-electron chi connectivity index (χ0n) is 10.7. The molecule has 1 N–H and O–H groups in total. The monoisotopic (exact) mass is 229 g/mol. The van der Waals surface area contributed by atoms with Crippen LogP contribution in [0.2, 0.25) is 0 Å². The highest BCUT2D eigenvalue weighted by Crippen LogP contribution is 2.22. The van der Waals surface area contributed by atoms with Crippen molar-refractivity contribution in [1.82, 2.24) is 14.9 Å². The molecule has 0 spiro atoms. The summed E-state index contributed by atoms with van der Waals surface area (Å²) in [5, 5.41) is 3.16. The maximum absolute atomic E-state index is 4.74. The Kier molecular flexibility index (Phi) is 3.59. The first-order valence-corrected chi connectivity index (χ1v) is 5.96. The number of likely N-dealkylation sites (N-methyl/N-ethyl adjacent to an activating group) is 1. The topological polar surface area (TPSA) is 29.9 Å². The Labute approximate surface area is 103 Å². The van der Waals surface area contributed by atoms with Gasteiger partial charge in [0.25, 0.3) is 0 Å². The second-order valence-electron chi connectivity index (χ2n) is 4.24. The van der Waals surface area contributed by atoms with Crippen molar-refractivity contribution in [3.8, 4) is 11.3 Å². The summed E-state index contributed by atoms with van der Waals surface area (Å²) < 4.78 is 2.18. The fourth-order valence-electron chi connectivity index (χ4n) is 1.97. The molecule has 3 heteroatoms. The number of benzene rings is 1. The summed E-state index contributed by atoms with van der Waals surface area (Å²) >= 11 is 0. The Morgan fingerprint density at radius 3 is 2.59 bits per heavy atom. The molecule has 0 aliphatic rings. The molecule has 90 valence electrons. The van der Waals surface area contributed by atoms with Crippen molar-refractivity contribution in [1.29, 1.82) is 0 Å². The number of hydrogen-bond donors (Lipinski definition) is 1. The molecule has 2 rings (SSSR count). The van der Waals surface area contributed by atoms with Gasteiger partial charge in [-0.05, 0) is 14.0 Å². The van der Waals surface area contributed by atoms with E-state index in [4.69, 9.17) is 4.98 Å². The SMILES string of the molecule is CNCCc1nc(-c2ccccc2)c(C)n1C. The number of nitrogens with one attached hydrogen (secondary N) is 1. The molecule has 0 aliphatic carbocycles. The molecule has 1 heterocycles. The van der Waals surface area contributed by atoms with Crippen LogP contribution in [0.15, 0.2) is 30.3 Å². The van der Waals surface area contributed by atoms with Gasteiger partial charge in [-0.1, -0.05) is 30.3 Å². The van der Waals surface area contributed by atoms with Gasteiger partial charge in [0.2, 0.25) is 0 Å². The molecule has 0 unspecified atom stereocenters. The molecule has 3 nitrogen and oxygen atoms in total. The lowest BCUT2D eigenvalue weighted by molar-refractivity contribution is 0.710. The molecule has 0 aliphatic heterocycles. The molecule has 2 aromatic rings. The van der Waals surface area contributed by atoms with Crippen LogP contribution in [-0.2, 0) is 13.5 Å². The van der Waals surface area contributed by atoms with E-state index >= 15 is 0 Å². The Bertz CT molecular complexity index is 486. The maximum atomic E-state index is 4.74. The second-order valence-corrected chi connectivity index (χ2v) is 4.24. The highest BCUT2D eigenvalue weighted by molar-refractivity contribution is 5.62. The van der Waals surface area contributed by atoms with E-state index < -0.39 is 0 Å². The standard InChI is InChI=1S/C14H19N3/c1-11-14(12-7-5-4-6-8-12)16-13(17(11)3)9-10-15-2/h4-8,15H,9-10H2,1-3H3. The van der Waals surface area contributed by atoms with E-state index in [2.05, 4.69) is 48.1 Å². The number of nitrogens with zero attached hydrogens (tertiary/aromatic N) is 2. The molecule has 0 bridgehead atoms. The van der Waals surface area contributed by atoms with Crippen LogP contribution in [0.3, 0.4) is 0 Å². The first-order chi connectivity index (χ1) is 8.24. The molecular formula is C14H19N3. The van der Waals surface area contributed by atoms with E-state index in [-0.39, 0.29) is 0 Å². The molecule has 0 atom stereocenters. The molecule has 17 heavy (non-hydrogen) atoms. The van der Waals surface area contributed by atoms with E-state index in [1.54, 1.807) is 0 Å². The molecule has 0 saturated heterocycles. The zero-order valence-corrected chi connectivity index (χ0v) is 10.7. The average molecular weight is 229 g/mol. The molecule has 1 aromatic carbocycles. The average Bonchev–Trinajstić information content (AvgIpc) is 2.65. The van der Waals surface area contributed by atoms with Crippen LogP contribution >= 0.6 is 0 Å². The van der Waals surface area contributed by atoms with Crippen LogP contribution in [0.4, 0.5) is 0 Å². The lowest BCUT2D eigenvalue weighted by Gasteiger charge is -2.02. The van der Waals surface area contributed by atoms with Crippen molar-refractivity contribution in [3.63, 3.8) is 0 Å². The van der Waals surface area contributed by atoms with Crippen molar-refractivity contribution < 1.29 is 0 Å². The number of hydrogen-bond acceptors (Lipinski definition) is 2. The first kappa shape index (κ1) is 11.9. The summed E-state index contributed by atoms with van der Waals surface area (Å²) in [6.07, 6.45) is 0.959. The van der Waals surface area contributed by atoms with Gasteiger partial charge in [0, 0.05) is 31.3 Å². The number of aromatic nitrogens is 2. The van der Waals surface area contributed by atoms with Gasteiger partial charge in [0.05, 0.1) is 5.69 Å². The van der Waals surface area contributed by atoms with Crippen molar-refractivity contribution in [2.75, 3.05) is 13.6 Å². The fraction of sp³-hybridized carbons (Fsp3) is 0.357. The molecule has 1 aromatic heterocycles. The Hall–Kier alpha value is -1.61. The normalized spacial score (nSPS) is 10.8. The minimum Gasteiger partial charge on any atom is -0.335 e. The van der Waals surface area contributed by atoms with Gasteiger partial charge in [0.15, 0.2) is 0 Å². The molecule has 0 radical (unpaired) electrons. The summed E-state index contributed by atoms with van der Waals surface area (Å²) in [6, 6.07) is 10.4. The molecule has 0 amide bonds. The van der Waals surface area contributed by atoms with E-state index in [1.807, 2.05) is 13.1 Å². The fourth-order valence-corrected chi connectivity index (χ4v) is 1.97. The largest absolute Gasteiger partial charge is 0.335 e. The van der Waals surface area contributed by atoms with Gasteiger partial charge in [-0.2, -0.15) is 0 Å². The van der Waals surface area contributed by atoms with Crippen molar-refractivity contribution in [2.45, 2.75) is 13.3 Å². The zero-order chi connectivity index (χ0) is 12.3. The third-order valence-electron chi connectivity index (χ3n) is 3.12. The molecule has 0 saturated carbocycles. The van der Waals surface area contributed by atoms with Gasteiger partial charge >= 0.3 is 0 Å². The highest BCUT2D eigenvalue weighted by atomic mass is 15.1. The van der Waals surface area contributed by atoms with Crippen molar-refractivity contribution in [2.24, 2.45) is 7.05 Å². The summed E-state index contributed by atoms with van der Waals surface area (Å²) in [5.41, 5.74) is 3.51. The van der Waals surface area contributed by atoms with Gasteiger partial charge in [-0.15, -0.1) is 0 Å². The highest BCUT2D eigenvalue weighted by Gasteiger charge is 2.11. The van der Waals surface area contributed by atoms with Crippen LogP contribution in [0.25, 0.3) is 11.3 Å². The van der Waals surface area contributed by atoms with E-state index in [0.29, 0.717) is 0 Å². The molecular weight excluding hydrogens is 210 g/mol. The third kappa shape index (κ3) is 2.39. The third-order valence-corrected chi connectivity index (χ3v) is 3.12. The summed E-state index contributed by atoms with van der Waals surface area (Å²) in [7, 11) is 4.05. The van der Waals surface area contributed by atoms with Crippen molar-refractivity contribution >= 4 is 0 Å². The second kappa shape index (κ2) is 5.15. The first-order valence-electron chi connectivity index (χ1n) is 5.96. The lowest BCUT2D eigenvalue weighted by atomic mass is 10.1. The molecule has 0 fully saturated rings. The van der Waals surface area contributed by atoms with Gasteiger partial charge in [0.1, 0.15) is 5.82 Å². The summed E-state index contributed by atoms with van der Waals surface area (Å²) in [6.45, 7) is 3.08. The predicted octanol–water partition coefficient (Wildman–Crippen LogP) is 2.16. The Balaban J connectivity index is 2.36. The van der Waals surface area contributed by atoms with Crippen LogP contribution in [0.5, 0.6) is 0 Å². The number of rotatable bonds is 4. The summed E-state index contributed by atoms with van der Waals surface area (Å²) in [5.74, 6) is 1.13.